The van der Waals surface area contributed by atoms with E-state index in [-0.39, 0.29) is 37.6 Å². The summed E-state index contributed by atoms with van der Waals surface area (Å²) in [5.41, 5.74) is 6.82. The summed E-state index contributed by atoms with van der Waals surface area (Å²) in [6.45, 7) is 0.939. The lowest BCUT2D eigenvalue weighted by molar-refractivity contribution is -0.147. The van der Waals surface area contributed by atoms with Crippen LogP contribution in [0.3, 0.4) is 0 Å². The van der Waals surface area contributed by atoms with E-state index >= 15 is 0 Å². The Morgan fingerprint density at radius 3 is 2.64 bits per heavy atom. The third-order valence-electron chi connectivity index (χ3n) is 3.63. The van der Waals surface area contributed by atoms with Crippen LogP contribution < -0.4 is 5.73 Å². The number of rotatable bonds is 3. The molecular formula is C15H21ClN2O4. The lowest BCUT2D eigenvalue weighted by Crippen LogP contribution is -2.52. The largest absolute Gasteiger partial charge is 0.469 e. The Morgan fingerprint density at radius 2 is 2.00 bits per heavy atom. The molecule has 1 aliphatic rings. The average Bonchev–Trinajstić information content (AvgIpc) is 2.53. The van der Waals surface area contributed by atoms with Crippen molar-refractivity contribution in [2.45, 2.75) is 19.1 Å². The van der Waals surface area contributed by atoms with Gasteiger partial charge in [-0.1, -0.05) is 30.3 Å². The van der Waals surface area contributed by atoms with Gasteiger partial charge in [0.25, 0.3) is 0 Å². The highest BCUT2D eigenvalue weighted by Crippen LogP contribution is 2.18. The van der Waals surface area contributed by atoms with E-state index in [1.54, 1.807) is 0 Å². The minimum absolute atomic E-state index is 0. The molecular weight excluding hydrogens is 308 g/mol. The van der Waals surface area contributed by atoms with E-state index in [2.05, 4.69) is 0 Å². The topological polar surface area (TPSA) is 81.9 Å². The fraction of sp³-hybridized carbons (Fsp3) is 0.467. The maximum atomic E-state index is 12.0. The predicted octanol–water partition coefficient (Wildman–Crippen LogP) is 1.57. The van der Waals surface area contributed by atoms with E-state index in [9.17, 15) is 9.59 Å². The van der Waals surface area contributed by atoms with Crippen molar-refractivity contribution in [1.82, 2.24) is 4.90 Å². The van der Waals surface area contributed by atoms with E-state index in [4.69, 9.17) is 15.2 Å². The molecule has 0 radical (unpaired) electrons. The fourth-order valence-corrected chi connectivity index (χ4v) is 2.35. The molecule has 1 aromatic rings. The van der Waals surface area contributed by atoms with Gasteiger partial charge in [-0.05, 0) is 12.0 Å². The number of halogens is 1. The van der Waals surface area contributed by atoms with Gasteiger partial charge in [0, 0.05) is 19.1 Å². The van der Waals surface area contributed by atoms with Gasteiger partial charge in [-0.3, -0.25) is 4.79 Å². The molecule has 7 heteroatoms. The van der Waals surface area contributed by atoms with Crippen molar-refractivity contribution in [3.63, 3.8) is 0 Å². The molecule has 1 aliphatic heterocycles. The first-order valence-electron chi connectivity index (χ1n) is 6.91. The smallest absolute Gasteiger partial charge is 0.410 e. The summed E-state index contributed by atoms with van der Waals surface area (Å²) in [6, 6.07) is 9.16. The number of likely N-dealkylation sites (tertiary alicyclic amines) is 1. The predicted molar refractivity (Wildman–Crippen MR) is 83.5 cm³/mol. The van der Waals surface area contributed by atoms with Gasteiger partial charge in [0.2, 0.25) is 0 Å². The van der Waals surface area contributed by atoms with Crippen molar-refractivity contribution in [2.75, 3.05) is 20.2 Å². The van der Waals surface area contributed by atoms with Crippen LogP contribution in [0.4, 0.5) is 4.79 Å². The van der Waals surface area contributed by atoms with Gasteiger partial charge in [0.05, 0.1) is 13.0 Å². The molecule has 0 bridgehead atoms. The Bertz CT molecular complexity index is 498. The molecule has 22 heavy (non-hydrogen) atoms. The molecule has 1 heterocycles. The minimum atomic E-state index is -0.493. The summed E-state index contributed by atoms with van der Waals surface area (Å²) >= 11 is 0. The molecule has 2 rings (SSSR count). The average molecular weight is 329 g/mol. The van der Waals surface area contributed by atoms with Crippen LogP contribution in [0, 0.1) is 5.92 Å². The van der Waals surface area contributed by atoms with Crippen LogP contribution in [0.2, 0.25) is 0 Å². The number of benzene rings is 1. The zero-order valence-corrected chi connectivity index (χ0v) is 13.3. The number of carbonyl (C=O) groups is 2. The number of esters is 1. The number of hydrogen-bond acceptors (Lipinski definition) is 5. The highest BCUT2D eigenvalue weighted by Gasteiger charge is 2.35. The number of nitrogens with two attached hydrogens (primary N) is 1. The Kier molecular flexibility index (Phi) is 7.14. The zero-order valence-electron chi connectivity index (χ0n) is 12.4. The summed E-state index contributed by atoms with van der Waals surface area (Å²) in [5, 5.41) is 0. The number of carbonyl (C=O) groups excluding carboxylic acids is 2. The van der Waals surface area contributed by atoms with Gasteiger partial charge in [0.15, 0.2) is 0 Å². The Labute approximate surface area is 136 Å². The molecule has 1 saturated heterocycles. The molecule has 6 nitrogen and oxygen atoms in total. The van der Waals surface area contributed by atoms with Crippen LogP contribution in [0.15, 0.2) is 30.3 Å². The molecule has 0 unspecified atom stereocenters. The van der Waals surface area contributed by atoms with E-state index in [1.807, 2.05) is 30.3 Å². The van der Waals surface area contributed by atoms with Gasteiger partial charge >= 0.3 is 12.1 Å². The van der Waals surface area contributed by atoms with Crippen LogP contribution in [-0.2, 0) is 20.9 Å². The van der Waals surface area contributed by atoms with Gasteiger partial charge < -0.3 is 20.1 Å². The minimum Gasteiger partial charge on any atom is -0.469 e. The molecule has 0 saturated carbocycles. The third kappa shape index (κ3) is 4.61. The summed E-state index contributed by atoms with van der Waals surface area (Å²) < 4.78 is 9.98. The lowest BCUT2D eigenvalue weighted by atomic mass is 9.93. The first-order chi connectivity index (χ1) is 10.1. The number of nitrogens with zero attached hydrogens (tertiary/aromatic N) is 1. The molecule has 0 spiro atoms. The number of piperidine rings is 1. The SMILES string of the molecule is COC(=O)[C@H]1CN(C(=O)OCc2ccccc2)CC[C@@H]1N.Cl. The molecule has 2 N–H and O–H groups in total. The second kappa shape index (κ2) is 8.60. The normalized spacial score (nSPS) is 20.7. The number of hydrogen-bond donors (Lipinski definition) is 1. The van der Waals surface area contributed by atoms with Crippen molar-refractivity contribution in [1.29, 1.82) is 0 Å². The number of methoxy groups -OCH3 is 1. The van der Waals surface area contributed by atoms with Crippen LogP contribution in [-0.4, -0.2) is 43.2 Å². The fourth-order valence-electron chi connectivity index (χ4n) is 2.35. The maximum Gasteiger partial charge on any atom is 0.410 e. The van der Waals surface area contributed by atoms with Crippen LogP contribution in [0.1, 0.15) is 12.0 Å². The van der Waals surface area contributed by atoms with Crippen molar-refractivity contribution in [2.24, 2.45) is 11.7 Å². The summed E-state index contributed by atoms with van der Waals surface area (Å²) in [7, 11) is 1.32. The van der Waals surface area contributed by atoms with Gasteiger partial charge in [-0.25, -0.2) is 4.79 Å². The highest BCUT2D eigenvalue weighted by molar-refractivity contribution is 5.85. The number of ether oxygens (including phenoxy) is 2. The molecule has 0 aromatic heterocycles. The lowest BCUT2D eigenvalue weighted by Gasteiger charge is -2.34. The van der Waals surface area contributed by atoms with E-state index < -0.39 is 12.0 Å². The van der Waals surface area contributed by atoms with Crippen LogP contribution >= 0.6 is 12.4 Å². The molecule has 1 aromatic carbocycles. The second-order valence-electron chi connectivity index (χ2n) is 5.07. The Hall–Kier alpha value is -1.79. The Morgan fingerprint density at radius 1 is 1.32 bits per heavy atom. The van der Waals surface area contributed by atoms with Crippen LogP contribution in [0.5, 0.6) is 0 Å². The molecule has 0 aliphatic carbocycles. The third-order valence-corrected chi connectivity index (χ3v) is 3.63. The summed E-state index contributed by atoms with van der Waals surface area (Å²) in [6.07, 6.45) is 0.125. The molecule has 122 valence electrons. The molecule has 2 atom stereocenters. The van der Waals surface area contributed by atoms with Crippen molar-refractivity contribution < 1.29 is 19.1 Å². The standard InChI is InChI=1S/C15H20N2O4.ClH/c1-20-14(18)12-9-17(8-7-13(12)16)15(19)21-10-11-5-3-2-4-6-11;/h2-6,12-13H,7-10,16H2,1H3;1H/t12-,13-;/m0./s1. The van der Waals surface area contributed by atoms with Gasteiger partial charge in [-0.2, -0.15) is 0 Å². The van der Waals surface area contributed by atoms with Crippen molar-refractivity contribution in [3.05, 3.63) is 35.9 Å². The second-order valence-corrected chi connectivity index (χ2v) is 5.07. The summed E-state index contributed by atoms with van der Waals surface area (Å²) in [4.78, 5) is 25.2. The first kappa shape index (κ1) is 18.3. The van der Waals surface area contributed by atoms with Gasteiger partial charge in [0.1, 0.15) is 6.61 Å². The van der Waals surface area contributed by atoms with E-state index in [1.165, 1.54) is 12.0 Å². The van der Waals surface area contributed by atoms with Crippen molar-refractivity contribution in [3.8, 4) is 0 Å². The monoisotopic (exact) mass is 328 g/mol. The van der Waals surface area contributed by atoms with Crippen molar-refractivity contribution >= 4 is 24.5 Å². The van der Waals surface area contributed by atoms with E-state index in [0.717, 1.165) is 5.56 Å². The van der Waals surface area contributed by atoms with Gasteiger partial charge in [-0.15, -0.1) is 12.4 Å². The summed E-state index contributed by atoms with van der Waals surface area (Å²) in [5.74, 6) is -0.879. The highest BCUT2D eigenvalue weighted by atomic mass is 35.5. The quantitative estimate of drug-likeness (QED) is 0.852. The van der Waals surface area contributed by atoms with E-state index in [0.29, 0.717) is 13.0 Å². The maximum absolute atomic E-state index is 12.0. The molecule has 1 fully saturated rings. The Balaban J connectivity index is 0.00000242. The molecule has 1 amide bonds. The zero-order chi connectivity index (χ0) is 15.2. The van der Waals surface area contributed by atoms with Crippen LogP contribution in [0.25, 0.3) is 0 Å². The first-order valence-corrected chi connectivity index (χ1v) is 6.91. The number of amides is 1.